The molecule has 8 nitrogen and oxygen atoms in total. The number of methoxy groups -OCH3 is 1. The van der Waals surface area contributed by atoms with Crippen LogP contribution in [0.25, 0.3) is 0 Å². The van der Waals surface area contributed by atoms with Crippen LogP contribution in [0.15, 0.2) is 35.5 Å². The zero-order chi connectivity index (χ0) is 17.1. The topological polar surface area (TPSA) is 122 Å². The number of nitro groups is 1. The molecule has 8 heteroatoms. The summed E-state index contributed by atoms with van der Waals surface area (Å²) < 4.78 is 4.73. The minimum Gasteiger partial charge on any atom is -0.466 e. The molecule has 1 amide bonds. The van der Waals surface area contributed by atoms with Gasteiger partial charge in [0.1, 0.15) is 5.92 Å². The van der Waals surface area contributed by atoms with Crippen molar-refractivity contribution >= 4 is 17.6 Å². The third kappa shape index (κ3) is 2.89. The van der Waals surface area contributed by atoms with Crippen LogP contribution < -0.4 is 5.32 Å². The van der Waals surface area contributed by atoms with Crippen LogP contribution in [0.5, 0.6) is 0 Å². The van der Waals surface area contributed by atoms with Gasteiger partial charge in [-0.25, -0.2) is 4.79 Å². The van der Waals surface area contributed by atoms with Crippen LogP contribution in [0.1, 0.15) is 18.4 Å². The van der Waals surface area contributed by atoms with Gasteiger partial charge >= 0.3 is 5.97 Å². The highest BCUT2D eigenvalue weighted by Crippen LogP contribution is 2.38. The molecule has 0 saturated heterocycles. The standard InChI is InChI=1S/C15H13N3O5/c1-8-12(15(20)23-2)13(11(7-16)14(19)17-8)9-4-3-5-10(6-9)18(21)22/h3-6,11,13H,1-2H3,(H,17,19). The molecule has 1 heterocycles. The predicted octanol–water partition coefficient (Wildman–Crippen LogP) is 1.39. The molecular weight excluding hydrogens is 302 g/mol. The van der Waals surface area contributed by atoms with Gasteiger partial charge in [-0.15, -0.1) is 0 Å². The Labute approximate surface area is 131 Å². The van der Waals surface area contributed by atoms with E-state index in [9.17, 15) is 25.0 Å². The molecule has 0 aliphatic carbocycles. The van der Waals surface area contributed by atoms with Crippen molar-refractivity contribution in [2.24, 2.45) is 5.92 Å². The number of hydrogen-bond acceptors (Lipinski definition) is 6. The number of nitrogens with zero attached hydrogens (tertiary/aromatic N) is 2. The molecule has 0 fully saturated rings. The normalized spacial score (nSPS) is 20.5. The minimum atomic E-state index is -1.19. The van der Waals surface area contributed by atoms with Crippen LogP contribution in [0.4, 0.5) is 5.69 Å². The average molecular weight is 315 g/mol. The lowest BCUT2D eigenvalue weighted by atomic mass is 9.77. The highest BCUT2D eigenvalue weighted by molar-refractivity contribution is 5.97. The molecule has 0 bridgehead atoms. The molecule has 0 aromatic heterocycles. The number of nitrogens with one attached hydrogen (secondary N) is 1. The first-order valence-electron chi connectivity index (χ1n) is 6.64. The molecule has 0 saturated carbocycles. The van der Waals surface area contributed by atoms with E-state index >= 15 is 0 Å². The number of non-ortho nitro benzene ring substituents is 1. The van der Waals surface area contributed by atoms with Crippen molar-refractivity contribution in [3.63, 3.8) is 0 Å². The van der Waals surface area contributed by atoms with E-state index in [0.717, 1.165) is 0 Å². The van der Waals surface area contributed by atoms with Crippen LogP contribution in [0.2, 0.25) is 0 Å². The van der Waals surface area contributed by atoms with E-state index in [4.69, 9.17) is 4.74 Å². The van der Waals surface area contributed by atoms with Gasteiger partial charge in [-0.3, -0.25) is 14.9 Å². The van der Waals surface area contributed by atoms with Crippen LogP contribution in [0.3, 0.4) is 0 Å². The zero-order valence-electron chi connectivity index (χ0n) is 12.4. The fraction of sp³-hybridized carbons (Fsp3) is 0.267. The van der Waals surface area contributed by atoms with Crippen molar-refractivity contribution in [3.05, 3.63) is 51.2 Å². The maximum absolute atomic E-state index is 12.1. The summed E-state index contributed by atoms with van der Waals surface area (Å²) in [7, 11) is 1.19. The van der Waals surface area contributed by atoms with Crippen molar-refractivity contribution in [1.29, 1.82) is 5.26 Å². The lowest BCUT2D eigenvalue weighted by Gasteiger charge is -2.29. The molecule has 2 unspecified atom stereocenters. The Morgan fingerprint density at radius 1 is 1.48 bits per heavy atom. The molecule has 23 heavy (non-hydrogen) atoms. The molecule has 2 atom stereocenters. The molecule has 1 aromatic carbocycles. The Kier molecular flexibility index (Phi) is 4.41. The van der Waals surface area contributed by atoms with Crippen LogP contribution in [0, 0.1) is 27.4 Å². The van der Waals surface area contributed by atoms with Crippen LogP contribution in [-0.4, -0.2) is 23.9 Å². The lowest BCUT2D eigenvalue weighted by molar-refractivity contribution is -0.384. The third-order valence-corrected chi connectivity index (χ3v) is 3.63. The maximum Gasteiger partial charge on any atom is 0.336 e. The first kappa shape index (κ1) is 16.2. The smallest absolute Gasteiger partial charge is 0.336 e. The second-order valence-electron chi connectivity index (χ2n) is 4.96. The Bertz CT molecular complexity index is 763. The van der Waals surface area contributed by atoms with E-state index in [-0.39, 0.29) is 17.0 Å². The summed E-state index contributed by atoms with van der Waals surface area (Å²) in [5.41, 5.74) is 0.524. The Morgan fingerprint density at radius 3 is 2.74 bits per heavy atom. The summed E-state index contributed by atoms with van der Waals surface area (Å²) >= 11 is 0. The number of rotatable bonds is 3. The Hall–Kier alpha value is -3.21. The molecule has 1 aliphatic rings. The minimum absolute atomic E-state index is 0.110. The van der Waals surface area contributed by atoms with E-state index in [2.05, 4.69) is 5.32 Å². The van der Waals surface area contributed by atoms with E-state index in [0.29, 0.717) is 5.56 Å². The van der Waals surface area contributed by atoms with Gasteiger partial charge in [-0.2, -0.15) is 5.26 Å². The third-order valence-electron chi connectivity index (χ3n) is 3.63. The highest BCUT2D eigenvalue weighted by Gasteiger charge is 2.41. The molecular formula is C15H13N3O5. The van der Waals surface area contributed by atoms with E-state index in [1.165, 1.54) is 38.3 Å². The van der Waals surface area contributed by atoms with E-state index in [1.54, 1.807) is 0 Å². The molecule has 0 radical (unpaired) electrons. The molecule has 118 valence electrons. The van der Waals surface area contributed by atoms with Gasteiger partial charge in [0.05, 0.1) is 23.7 Å². The first-order valence-corrected chi connectivity index (χ1v) is 6.64. The summed E-state index contributed by atoms with van der Waals surface area (Å²) in [5.74, 6) is -3.37. The number of carbonyl (C=O) groups excluding carboxylic acids is 2. The number of benzene rings is 1. The Balaban J connectivity index is 2.66. The van der Waals surface area contributed by atoms with E-state index in [1.807, 2.05) is 6.07 Å². The fourth-order valence-corrected chi connectivity index (χ4v) is 2.60. The van der Waals surface area contributed by atoms with Crippen molar-refractivity contribution in [3.8, 4) is 6.07 Å². The van der Waals surface area contributed by atoms with Crippen molar-refractivity contribution in [2.75, 3.05) is 7.11 Å². The summed E-state index contributed by atoms with van der Waals surface area (Å²) in [6.45, 7) is 1.52. The van der Waals surface area contributed by atoms with Gasteiger partial charge in [0.2, 0.25) is 5.91 Å². The number of hydrogen-bond donors (Lipinski definition) is 1. The largest absolute Gasteiger partial charge is 0.466 e. The van der Waals surface area contributed by atoms with Crippen LogP contribution in [-0.2, 0) is 14.3 Å². The van der Waals surface area contributed by atoms with Gasteiger partial charge < -0.3 is 10.1 Å². The Morgan fingerprint density at radius 2 is 2.17 bits per heavy atom. The van der Waals surface area contributed by atoms with Gasteiger partial charge in [-0.1, -0.05) is 12.1 Å². The number of amides is 1. The summed E-state index contributed by atoms with van der Waals surface area (Å²) in [5, 5.41) is 22.7. The second-order valence-corrected chi connectivity index (χ2v) is 4.96. The van der Waals surface area contributed by atoms with Crippen molar-refractivity contribution in [1.82, 2.24) is 5.32 Å². The van der Waals surface area contributed by atoms with Crippen LogP contribution >= 0.6 is 0 Å². The zero-order valence-corrected chi connectivity index (χ0v) is 12.4. The summed E-state index contributed by atoms with van der Waals surface area (Å²) in [4.78, 5) is 34.5. The SMILES string of the molecule is COC(=O)C1=C(C)NC(=O)C(C#N)C1c1cccc([N+](=O)[O-])c1. The number of ether oxygens (including phenoxy) is 1. The monoisotopic (exact) mass is 315 g/mol. The number of allylic oxidation sites excluding steroid dienone is 1. The molecule has 1 aliphatic heterocycles. The molecule has 2 rings (SSSR count). The van der Waals surface area contributed by atoms with Gasteiger partial charge in [-0.05, 0) is 12.5 Å². The predicted molar refractivity (Wildman–Crippen MR) is 77.8 cm³/mol. The first-order chi connectivity index (χ1) is 10.9. The van der Waals surface area contributed by atoms with E-state index < -0.39 is 28.6 Å². The van der Waals surface area contributed by atoms with Crippen molar-refractivity contribution < 1.29 is 19.2 Å². The number of nitriles is 1. The summed E-state index contributed by atoms with van der Waals surface area (Å²) in [6, 6.07) is 7.39. The molecule has 1 N–H and O–H groups in total. The summed E-state index contributed by atoms with van der Waals surface area (Å²) in [6.07, 6.45) is 0. The van der Waals surface area contributed by atoms with Crippen molar-refractivity contribution in [2.45, 2.75) is 12.8 Å². The quantitative estimate of drug-likeness (QED) is 0.511. The molecule has 1 aromatic rings. The average Bonchev–Trinajstić information content (AvgIpc) is 2.53. The maximum atomic E-state index is 12.1. The number of nitro benzene ring substituents is 1. The van der Waals surface area contributed by atoms with Gasteiger partial charge in [0, 0.05) is 23.7 Å². The number of esters is 1. The highest BCUT2D eigenvalue weighted by atomic mass is 16.6. The number of carbonyl (C=O) groups is 2. The fourth-order valence-electron chi connectivity index (χ4n) is 2.60. The van der Waals surface area contributed by atoms with Gasteiger partial charge in [0.25, 0.3) is 5.69 Å². The second kappa shape index (κ2) is 6.27. The lowest BCUT2D eigenvalue weighted by Crippen LogP contribution is -2.41. The molecule has 0 spiro atoms. The van der Waals surface area contributed by atoms with Gasteiger partial charge in [0.15, 0.2) is 0 Å².